The van der Waals surface area contributed by atoms with Crippen molar-refractivity contribution in [1.29, 1.82) is 0 Å². The molecule has 174 valence electrons. The molecule has 8 nitrogen and oxygen atoms in total. The zero-order valence-corrected chi connectivity index (χ0v) is 19.8. The van der Waals surface area contributed by atoms with Gasteiger partial charge in [-0.05, 0) is 43.7 Å². The van der Waals surface area contributed by atoms with Gasteiger partial charge in [0.25, 0.3) is 11.8 Å². The van der Waals surface area contributed by atoms with E-state index in [1.807, 2.05) is 67.1 Å². The van der Waals surface area contributed by atoms with Gasteiger partial charge in [-0.1, -0.05) is 18.2 Å². The van der Waals surface area contributed by atoms with E-state index in [-0.39, 0.29) is 18.4 Å². The monoisotopic (exact) mass is 475 g/mol. The zero-order valence-electron chi connectivity index (χ0n) is 19.0. The number of fused-ring (bicyclic) bond motifs is 1. The first-order chi connectivity index (χ1) is 16.5. The normalized spacial score (nSPS) is 16.1. The van der Waals surface area contributed by atoms with Crippen molar-refractivity contribution in [2.45, 2.75) is 26.5 Å². The van der Waals surface area contributed by atoms with Crippen molar-refractivity contribution in [3.8, 4) is 0 Å². The second kappa shape index (κ2) is 9.36. The molecule has 1 unspecified atom stereocenters. The van der Waals surface area contributed by atoms with Crippen LogP contribution in [-0.4, -0.2) is 57.0 Å². The molecule has 3 heterocycles. The zero-order chi connectivity index (χ0) is 23.7. The summed E-state index contributed by atoms with van der Waals surface area (Å²) < 4.78 is 8.74. The van der Waals surface area contributed by atoms with Crippen molar-refractivity contribution >= 4 is 39.1 Å². The van der Waals surface area contributed by atoms with Crippen LogP contribution in [0.15, 0.2) is 54.9 Å². The molecule has 0 bridgehead atoms. The van der Waals surface area contributed by atoms with Crippen LogP contribution in [-0.2, 0) is 16.1 Å². The van der Waals surface area contributed by atoms with Crippen LogP contribution in [0.4, 0.5) is 5.69 Å². The number of anilines is 1. The van der Waals surface area contributed by atoms with Crippen LogP contribution in [0.25, 0.3) is 10.2 Å². The minimum atomic E-state index is -0.736. The lowest BCUT2D eigenvalue weighted by Crippen LogP contribution is -2.50. The minimum absolute atomic E-state index is 0.101. The minimum Gasteiger partial charge on any atom is -0.365 e. The average molecular weight is 476 g/mol. The summed E-state index contributed by atoms with van der Waals surface area (Å²) in [5, 5.41) is 3.90. The highest BCUT2D eigenvalue weighted by molar-refractivity contribution is 7.18. The Morgan fingerprint density at radius 1 is 1.21 bits per heavy atom. The van der Waals surface area contributed by atoms with Crippen molar-refractivity contribution < 1.29 is 14.3 Å². The number of rotatable bonds is 5. The number of thiazole rings is 1. The summed E-state index contributed by atoms with van der Waals surface area (Å²) in [5.74, 6) is 0.522. The molecule has 1 saturated heterocycles. The molecule has 0 radical (unpaired) electrons. The first-order valence-corrected chi connectivity index (χ1v) is 11.9. The molecule has 1 aliphatic heterocycles. The molecule has 0 aliphatic carbocycles. The van der Waals surface area contributed by atoms with Crippen LogP contribution in [0.2, 0.25) is 0 Å². The molecule has 2 amide bonds. The lowest BCUT2D eigenvalue weighted by molar-refractivity contribution is -0.131. The van der Waals surface area contributed by atoms with E-state index in [9.17, 15) is 9.59 Å². The van der Waals surface area contributed by atoms with Crippen LogP contribution in [0.1, 0.15) is 26.8 Å². The molecular weight excluding hydrogens is 450 g/mol. The Labute approximate surface area is 201 Å². The van der Waals surface area contributed by atoms with Crippen LogP contribution >= 0.6 is 11.3 Å². The number of aromatic nitrogens is 3. The molecule has 34 heavy (non-hydrogen) atoms. The number of nitrogens with one attached hydrogen (secondary N) is 1. The molecule has 1 N–H and O–H groups in total. The number of benzene rings is 2. The van der Waals surface area contributed by atoms with Crippen molar-refractivity contribution in [2.75, 3.05) is 25.0 Å². The predicted octanol–water partition coefficient (Wildman–Crippen LogP) is 3.64. The standard InChI is InChI=1S/C25H25N5O3S/c1-16-26-9-10-29(16)14-18-5-3-4-6-20(18)25(32)30-11-12-33-22(15-30)24(31)28-19-7-8-21-23(13-19)34-17(2)27-21/h3-10,13,22H,11-12,14-15H2,1-2H3,(H,28,31). The molecule has 1 fully saturated rings. The Morgan fingerprint density at radius 2 is 2.06 bits per heavy atom. The molecule has 0 saturated carbocycles. The molecule has 0 spiro atoms. The fourth-order valence-electron chi connectivity index (χ4n) is 4.12. The summed E-state index contributed by atoms with van der Waals surface area (Å²) in [6, 6.07) is 13.2. The number of morpholine rings is 1. The van der Waals surface area contributed by atoms with E-state index in [4.69, 9.17) is 4.74 Å². The highest BCUT2D eigenvalue weighted by Gasteiger charge is 2.30. The molecular formula is C25H25N5O3S. The second-order valence-electron chi connectivity index (χ2n) is 8.27. The van der Waals surface area contributed by atoms with E-state index in [0.29, 0.717) is 30.9 Å². The average Bonchev–Trinajstić information content (AvgIpc) is 3.42. The summed E-state index contributed by atoms with van der Waals surface area (Å²) in [6.07, 6.45) is 2.91. The van der Waals surface area contributed by atoms with Gasteiger partial charge < -0.3 is 19.5 Å². The van der Waals surface area contributed by atoms with E-state index in [0.717, 1.165) is 26.6 Å². The van der Waals surface area contributed by atoms with E-state index in [1.54, 1.807) is 22.4 Å². The number of hydrogen-bond donors (Lipinski definition) is 1. The van der Waals surface area contributed by atoms with Gasteiger partial charge in [0.1, 0.15) is 5.82 Å². The van der Waals surface area contributed by atoms with Crippen LogP contribution in [0.3, 0.4) is 0 Å². The van der Waals surface area contributed by atoms with Crippen LogP contribution in [0, 0.1) is 13.8 Å². The summed E-state index contributed by atoms with van der Waals surface area (Å²) in [4.78, 5) is 36.8. The molecule has 5 rings (SSSR count). The van der Waals surface area contributed by atoms with Gasteiger partial charge in [0.2, 0.25) is 0 Å². The van der Waals surface area contributed by atoms with Crippen molar-refractivity contribution in [2.24, 2.45) is 0 Å². The molecule has 9 heteroatoms. The predicted molar refractivity (Wildman–Crippen MR) is 131 cm³/mol. The van der Waals surface area contributed by atoms with E-state index < -0.39 is 6.10 Å². The highest BCUT2D eigenvalue weighted by atomic mass is 32.1. The van der Waals surface area contributed by atoms with Crippen molar-refractivity contribution in [3.63, 3.8) is 0 Å². The lowest BCUT2D eigenvalue weighted by Gasteiger charge is -2.32. The third kappa shape index (κ3) is 4.57. The second-order valence-corrected chi connectivity index (χ2v) is 9.51. The maximum atomic E-state index is 13.4. The quantitative estimate of drug-likeness (QED) is 0.476. The van der Waals surface area contributed by atoms with Gasteiger partial charge in [0, 0.05) is 36.7 Å². The van der Waals surface area contributed by atoms with Crippen LogP contribution < -0.4 is 5.32 Å². The molecule has 2 aromatic heterocycles. The fourth-order valence-corrected chi connectivity index (χ4v) is 4.99. The number of nitrogens with zero attached hydrogens (tertiary/aromatic N) is 4. The number of aryl methyl sites for hydroxylation is 2. The number of carbonyl (C=O) groups excluding carboxylic acids is 2. The van der Waals surface area contributed by atoms with Gasteiger partial charge in [0.05, 0.1) is 28.4 Å². The Kier molecular flexibility index (Phi) is 6.12. The van der Waals surface area contributed by atoms with E-state index in [2.05, 4.69) is 15.3 Å². The lowest BCUT2D eigenvalue weighted by atomic mass is 10.1. The first kappa shape index (κ1) is 22.2. The summed E-state index contributed by atoms with van der Waals surface area (Å²) in [7, 11) is 0. The molecule has 4 aromatic rings. The maximum Gasteiger partial charge on any atom is 0.255 e. The Hall–Kier alpha value is -3.56. The van der Waals surface area contributed by atoms with E-state index in [1.165, 1.54) is 0 Å². The summed E-state index contributed by atoms with van der Waals surface area (Å²) in [6.45, 7) is 5.39. The number of carbonyl (C=O) groups is 2. The molecule has 2 aromatic carbocycles. The van der Waals surface area contributed by atoms with Gasteiger partial charge in [-0.3, -0.25) is 9.59 Å². The van der Waals surface area contributed by atoms with E-state index >= 15 is 0 Å². The number of imidazole rings is 1. The van der Waals surface area contributed by atoms with Crippen molar-refractivity contribution in [3.05, 3.63) is 76.8 Å². The Bertz CT molecular complexity index is 1360. The summed E-state index contributed by atoms with van der Waals surface area (Å²) >= 11 is 1.58. The van der Waals surface area contributed by atoms with Gasteiger partial charge in [-0.2, -0.15) is 0 Å². The van der Waals surface area contributed by atoms with Gasteiger partial charge >= 0.3 is 0 Å². The van der Waals surface area contributed by atoms with Crippen LogP contribution in [0.5, 0.6) is 0 Å². The number of hydrogen-bond acceptors (Lipinski definition) is 6. The molecule has 1 atom stereocenters. The van der Waals surface area contributed by atoms with Gasteiger partial charge in [-0.25, -0.2) is 9.97 Å². The SMILES string of the molecule is Cc1nc2ccc(NC(=O)C3CN(C(=O)c4ccccc4Cn4ccnc4C)CCO3)cc2s1. The number of ether oxygens (including phenoxy) is 1. The first-order valence-electron chi connectivity index (χ1n) is 11.1. The largest absolute Gasteiger partial charge is 0.365 e. The fraction of sp³-hybridized carbons (Fsp3) is 0.280. The third-order valence-corrected chi connectivity index (χ3v) is 6.85. The topological polar surface area (TPSA) is 89.4 Å². The summed E-state index contributed by atoms with van der Waals surface area (Å²) in [5.41, 5.74) is 3.14. The Balaban J connectivity index is 1.29. The maximum absolute atomic E-state index is 13.4. The molecule has 1 aliphatic rings. The van der Waals surface area contributed by atoms with Crippen molar-refractivity contribution in [1.82, 2.24) is 19.4 Å². The van der Waals surface area contributed by atoms with Gasteiger partial charge in [-0.15, -0.1) is 11.3 Å². The Morgan fingerprint density at radius 3 is 2.88 bits per heavy atom. The highest BCUT2D eigenvalue weighted by Crippen LogP contribution is 2.25. The van der Waals surface area contributed by atoms with Gasteiger partial charge in [0.15, 0.2) is 6.10 Å². The third-order valence-electron chi connectivity index (χ3n) is 5.92. The number of amides is 2. The smallest absolute Gasteiger partial charge is 0.255 e.